The van der Waals surface area contributed by atoms with Crippen molar-refractivity contribution in [2.24, 2.45) is 5.10 Å². The van der Waals surface area contributed by atoms with Crippen LogP contribution in [0.15, 0.2) is 89.9 Å². The number of hydrazone groups is 1. The quantitative estimate of drug-likeness (QED) is 0.641. The van der Waals surface area contributed by atoms with Gasteiger partial charge < -0.3 is 10.2 Å². The van der Waals surface area contributed by atoms with Crippen LogP contribution in [0.3, 0.4) is 0 Å². The summed E-state index contributed by atoms with van der Waals surface area (Å²) in [7, 11) is 1.92. The Bertz CT molecular complexity index is 952. The number of rotatable bonds is 8. The number of likely N-dealkylation sites (N-methyl/N-ethyl adjacent to an activating group) is 1. The molecule has 0 saturated carbocycles. The zero-order valence-electron chi connectivity index (χ0n) is 18.5. The van der Waals surface area contributed by atoms with E-state index in [4.69, 9.17) is 0 Å². The Labute approximate surface area is 180 Å². The van der Waals surface area contributed by atoms with Gasteiger partial charge in [-0.25, -0.2) is 0 Å². The molecule has 1 aliphatic rings. The lowest BCUT2D eigenvalue weighted by molar-refractivity contribution is 0.465. The van der Waals surface area contributed by atoms with Gasteiger partial charge >= 0.3 is 0 Å². The van der Waals surface area contributed by atoms with Gasteiger partial charge in [0.05, 0.1) is 17.7 Å². The van der Waals surface area contributed by atoms with Crippen LogP contribution in [0.2, 0.25) is 0 Å². The summed E-state index contributed by atoms with van der Waals surface area (Å²) in [4.78, 5) is 2.23. The zero-order valence-corrected chi connectivity index (χ0v) is 18.5. The molecule has 4 nitrogen and oxygen atoms in total. The van der Waals surface area contributed by atoms with Crippen molar-refractivity contribution < 1.29 is 0 Å². The summed E-state index contributed by atoms with van der Waals surface area (Å²) < 4.78 is 0. The van der Waals surface area contributed by atoms with Crippen LogP contribution in [-0.4, -0.2) is 30.9 Å². The molecule has 1 N–H and O–H groups in total. The first kappa shape index (κ1) is 21.4. The third-order valence-electron chi connectivity index (χ3n) is 5.33. The van der Waals surface area contributed by atoms with Crippen LogP contribution < -0.4 is 10.2 Å². The maximum atomic E-state index is 4.32. The van der Waals surface area contributed by atoms with E-state index in [-0.39, 0.29) is 0 Å². The minimum absolute atomic E-state index is 0.327. The number of hydrogen-bond donors (Lipinski definition) is 1. The van der Waals surface area contributed by atoms with Crippen LogP contribution in [0.25, 0.3) is 5.57 Å². The van der Waals surface area contributed by atoms with Crippen molar-refractivity contribution in [1.29, 1.82) is 0 Å². The number of anilines is 1. The van der Waals surface area contributed by atoms with Gasteiger partial charge in [0.25, 0.3) is 0 Å². The molecular weight excluding hydrogens is 368 g/mol. The second-order valence-electron chi connectivity index (χ2n) is 7.89. The predicted molar refractivity (Wildman–Crippen MR) is 129 cm³/mol. The lowest BCUT2D eigenvalue weighted by Crippen LogP contribution is -2.37. The molecule has 0 aliphatic carbocycles. The molecule has 0 radical (unpaired) electrons. The molecule has 0 aromatic heterocycles. The average Bonchev–Trinajstić information content (AvgIpc) is 2.73. The Balaban J connectivity index is 1.61. The molecular formula is C26H32N4. The van der Waals surface area contributed by atoms with Crippen molar-refractivity contribution in [2.45, 2.75) is 33.2 Å². The highest BCUT2D eigenvalue weighted by atomic mass is 15.4. The highest BCUT2D eigenvalue weighted by molar-refractivity contribution is 5.97. The Morgan fingerprint density at radius 1 is 1.10 bits per heavy atom. The third-order valence-corrected chi connectivity index (χ3v) is 5.33. The van der Waals surface area contributed by atoms with E-state index in [1.54, 1.807) is 0 Å². The molecule has 4 heteroatoms. The van der Waals surface area contributed by atoms with E-state index < -0.39 is 0 Å². The summed E-state index contributed by atoms with van der Waals surface area (Å²) >= 11 is 0. The number of nitrogens with zero attached hydrogens (tertiary/aromatic N) is 3. The Morgan fingerprint density at radius 2 is 1.77 bits per heavy atom. The largest absolute Gasteiger partial charge is 0.372 e. The van der Waals surface area contributed by atoms with Crippen molar-refractivity contribution >= 4 is 17.5 Å². The molecule has 0 spiro atoms. The van der Waals surface area contributed by atoms with E-state index in [1.165, 1.54) is 11.1 Å². The van der Waals surface area contributed by atoms with Gasteiger partial charge in [0.15, 0.2) is 0 Å². The van der Waals surface area contributed by atoms with Gasteiger partial charge in [-0.2, -0.15) is 5.10 Å². The summed E-state index contributed by atoms with van der Waals surface area (Å²) in [5.41, 5.74) is 6.83. The maximum absolute atomic E-state index is 4.32. The third kappa shape index (κ3) is 4.82. The monoisotopic (exact) mass is 400 g/mol. The van der Waals surface area contributed by atoms with Gasteiger partial charge in [-0.3, -0.25) is 5.01 Å². The minimum atomic E-state index is 0.327. The van der Waals surface area contributed by atoms with Crippen molar-refractivity contribution in [3.63, 3.8) is 0 Å². The van der Waals surface area contributed by atoms with Gasteiger partial charge in [-0.1, -0.05) is 55.6 Å². The van der Waals surface area contributed by atoms with Crippen LogP contribution in [0.5, 0.6) is 0 Å². The molecule has 0 amide bonds. The molecule has 3 rings (SSSR count). The molecule has 2 aromatic carbocycles. The minimum Gasteiger partial charge on any atom is -0.372 e. The summed E-state index contributed by atoms with van der Waals surface area (Å²) in [6.45, 7) is 15.7. The van der Waals surface area contributed by atoms with Gasteiger partial charge in [-0.15, -0.1) is 0 Å². The van der Waals surface area contributed by atoms with E-state index in [1.807, 2.05) is 24.3 Å². The molecule has 30 heavy (non-hydrogen) atoms. The second-order valence-corrected chi connectivity index (χ2v) is 7.89. The van der Waals surface area contributed by atoms with E-state index in [0.29, 0.717) is 6.04 Å². The zero-order chi connectivity index (χ0) is 21.7. The van der Waals surface area contributed by atoms with E-state index >= 15 is 0 Å². The fourth-order valence-corrected chi connectivity index (χ4v) is 3.72. The standard InChI is InChI=1S/C26H32N4/c1-19(2)30(25-10-8-7-9-11-25)22(5)27-17-16-23-12-14-24(15-13-23)26-20(3)18-28-29(6)21(26)4/h7-15,18-19,27H,4-5,16-17H2,1-3,6H3. The van der Waals surface area contributed by atoms with E-state index in [0.717, 1.165) is 41.3 Å². The number of allylic oxidation sites excluding steroid dienone is 2. The molecule has 2 aromatic rings. The second kappa shape index (κ2) is 9.49. The Morgan fingerprint density at radius 3 is 2.40 bits per heavy atom. The molecule has 0 saturated heterocycles. The topological polar surface area (TPSA) is 30.9 Å². The van der Waals surface area contributed by atoms with Crippen molar-refractivity contribution in [2.75, 3.05) is 18.5 Å². The molecule has 0 fully saturated rings. The lowest BCUT2D eigenvalue weighted by Gasteiger charge is -2.31. The van der Waals surface area contributed by atoms with Crippen LogP contribution in [0.4, 0.5) is 5.69 Å². The molecule has 0 bridgehead atoms. The van der Waals surface area contributed by atoms with Crippen LogP contribution in [0, 0.1) is 0 Å². The van der Waals surface area contributed by atoms with Gasteiger partial charge in [0.2, 0.25) is 0 Å². The number of nitrogens with one attached hydrogen (secondary N) is 1. The first-order valence-electron chi connectivity index (χ1n) is 10.4. The average molecular weight is 401 g/mol. The molecule has 1 aliphatic heterocycles. The van der Waals surface area contributed by atoms with Gasteiger partial charge in [0, 0.05) is 30.9 Å². The number of benzene rings is 2. The highest BCUT2D eigenvalue weighted by Gasteiger charge is 2.16. The highest BCUT2D eigenvalue weighted by Crippen LogP contribution is 2.30. The van der Waals surface area contributed by atoms with Crippen LogP contribution >= 0.6 is 0 Å². The lowest BCUT2D eigenvalue weighted by atomic mass is 9.96. The summed E-state index contributed by atoms with van der Waals surface area (Å²) in [5, 5.41) is 9.63. The molecule has 0 atom stereocenters. The van der Waals surface area contributed by atoms with Crippen molar-refractivity contribution in [1.82, 2.24) is 10.3 Å². The van der Waals surface area contributed by atoms with E-state index in [9.17, 15) is 0 Å². The fraction of sp³-hybridized carbons (Fsp3) is 0.269. The smallest absolute Gasteiger partial charge is 0.0986 e. The number of hydrogen-bond acceptors (Lipinski definition) is 4. The van der Waals surface area contributed by atoms with Gasteiger partial charge in [0.1, 0.15) is 0 Å². The molecule has 1 heterocycles. The van der Waals surface area contributed by atoms with Gasteiger partial charge in [-0.05, 0) is 56.0 Å². The first-order chi connectivity index (χ1) is 14.4. The number of para-hydroxylation sites is 1. The maximum Gasteiger partial charge on any atom is 0.0986 e. The fourth-order valence-electron chi connectivity index (χ4n) is 3.72. The summed E-state index contributed by atoms with van der Waals surface area (Å²) in [6.07, 6.45) is 2.82. The SMILES string of the molecule is C=C1C(c2ccc(CCNC(=C)N(c3ccccc3)C(C)C)cc2)=C(C)C=NN1C. The molecule has 0 unspecified atom stereocenters. The Kier molecular flexibility index (Phi) is 6.78. The van der Waals surface area contributed by atoms with Crippen LogP contribution in [0.1, 0.15) is 31.9 Å². The van der Waals surface area contributed by atoms with E-state index in [2.05, 4.69) is 97.8 Å². The predicted octanol–water partition coefficient (Wildman–Crippen LogP) is 5.42. The normalized spacial score (nSPS) is 13.8. The van der Waals surface area contributed by atoms with Crippen LogP contribution in [-0.2, 0) is 6.42 Å². The van der Waals surface area contributed by atoms with Crippen molar-refractivity contribution in [3.8, 4) is 0 Å². The Hall–Kier alpha value is -3.27. The van der Waals surface area contributed by atoms with Crippen molar-refractivity contribution in [3.05, 3.63) is 96.0 Å². The molecule has 156 valence electrons. The first-order valence-corrected chi connectivity index (χ1v) is 10.4. The summed E-state index contributed by atoms with van der Waals surface area (Å²) in [6, 6.07) is 19.4. The summed E-state index contributed by atoms with van der Waals surface area (Å²) in [5.74, 6) is 0.925.